The van der Waals surface area contributed by atoms with Crippen LogP contribution in [0, 0.1) is 6.92 Å². The number of halogens is 2. The predicted molar refractivity (Wildman–Crippen MR) is 83.5 cm³/mol. The number of aromatic amines is 1. The van der Waals surface area contributed by atoms with Gasteiger partial charge in [-0.2, -0.15) is 0 Å². The molecule has 1 heterocycles. The Morgan fingerprint density at radius 1 is 1.05 bits per heavy atom. The van der Waals surface area contributed by atoms with Gasteiger partial charge in [-0.25, -0.2) is 0 Å². The predicted octanol–water partition coefficient (Wildman–Crippen LogP) is -2.09. The van der Waals surface area contributed by atoms with E-state index in [4.69, 9.17) is 0 Å². The average molecular weight is 422 g/mol. The van der Waals surface area contributed by atoms with Crippen LogP contribution in [0.3, 0.4) is 0 Å². The summed E-state index contributed by atoms with van der Waals surface area (Å²) in [5.74, 6) is 0. The molecule has 0 bridgehead atoms. The summed E-state index contributed by atoms with van der Waals surface area (Å²) in [6.45, 7) is 16.8. The summed E-state index contributed by atoms with van der Waals surface area (Å²) in [4.78, 5) is 3.50. The molecule has 5 heteroatoms. The number of aromatic nitrogens is 1. The normalized spacial score (nSPS) is 21.3. The molecule has 1 unspecified atom stereocenters. The van der Waals surface area contributed by atoms with Gasteiger partial charge in [0, 0.05) is 0 Å². The number of rotatable bonds is 3. The number of aryl methyl sites for hydroxylation is 1. The molecule has 1 atom stereocenters. The van der Waals surface area contributed by atoms with Gasteiger partial charge in [-0.3, -0.25) is 0 Å². The number of nitrogens with one attached hydrogen (secondary N) is 1. The van der Waals surface area contributed by atoms with Crippen molar-refractivity contribution in [3.05, 3.63) is 37.8 Å². The van der Waals surface area contributed by atoms with Gasteiger partial charge in [-0.05, 0) is 0 Å². The van der Waals surface area contributed by atoms with E-state index in [0.717, 1.165) is 0 Å². The van der Waals surface area contributed by atoms with Gasteiger partial charge in [0.2, 0.25) is 0 Å². The van der Waals surface area contributed by atoms with Crippen LogP contribution in [-0.4, -0.2) is 13.8 Å². The van der Waals surface area contributed by atoms with E-state index in [0.29, 0.717) is 5.04 Å². The van der Waals surface area contributed by atoms with E-state index in [9.17, 15) is 0 Å². The summed E-state index contributed by atoms with van der Waals surface area (Å²) in [6, 6.07) is 2.22. The van der Waals surface area contributed by atoms with Crippen LogP contribution in [-0.2, 0) is 23.2 Å². The molecule has 1 aliphatic rings. The van der Waals surface area contributed by atoms with E-state index in [1.165, 1.54) is 5.56 Å². The molecule has 0 aliphatic heterocycles. The monoisotopic (exact) mass is 419 g/mol. The minimum atomic E-state index is -0.756. The summed E-state index contributed by atoms with van der Waals surface area (Å²) in [7, 11) is -0.756. The van der Waals surface area contributed by atoms with Crippen molar-refractivity contribution >= 4 is 12.2 Å². The van der Waals surface area contributed by atoms with Gasteiger partial charge in [-0.1, -0.05) is 0 Å². The Morgan fingerprint density at radius 2 is 1.62 bits per heavy atom. The fourth-order valence-electron chi connectivity index (χ4n) is 3.09. The van der Waals surface area contributed by atoms with E-state index < -0.39 is 32.0 Å². The maximum Gasteiger partial charge on any atom is -1.00 e. The van der Waals surface area contributed by atoms with Gasteiger partial charge in [-0.15, -0.1) is 0 Å². The third-order valence-corrected chi connectivity index (χ3v) is 13.7. The molecular formula is C16H25Cl2NSiZr. The second kappa shape index (κ2) is 7.81. The van der Waals surface area contributed by atoms with Gasteiger partial charge >= 0.3 is 131 Å². The minimum absolute atomic E-state index is 0. The Bertz CT molecular complexity index is 575. The van der Waals surface area contributed by atoms with Crippen molar-refractivity contribution in [3.63, 3.8) is 0 Å². The van der Waals surface area contributed by atoms with Crippen molar-refractivity contribution in [2.45, 2.75) is 52.8 Å². The topological polar surface area (TPSA) is 15.8 Å². The molecule has 0 saturated heterocycles. The van der Waals surface area contributed by atoms with Crippen molar-refractivity contribution in [3.8, 4) is 0 Å². The number of hydrogen-bond acceptors (Lipinski definition) is 0. The van der Waals surface area contributed by atoms with Crippen LogP contribution in [0.4, 0.5) is 0 Å². The molecule has 0 amide bonds. The average Bonchev–Trinajstić information content (AvgIpc) is 2.83. The van der Waals surface area contributed by atoms with E-state index in [-0.39, 0.29) is 24.8 Å². The molecule has 0 spiro atoms. The zero-order valence-electron chi connectivity index (χ0n) is 14.0. The first-order chi connectivity index (χ1) is 8.80. The molecule has 0 saturated carbocycles. The van der Waals surface area contributed by atoms with Crippen LogP contribution in [0.5, 0.6) is 0 Å². The zero-order chi connectivity index (χ0) is 14.4. The van der Waals surface area contributed by atoms with Crippen molar-refractivity contribution in [1.82, 2.24) is 4.98 Å². The second-order valence-electron chi connectivity index (χ2n) is 6.27. The van der Waals surface area contributed by atoms with Crippen LogP contribution in [0.15, 0.2) is 32.3 Å². The van der Waals surface area contributed by atoms with Crippen LogP contribution in [0.2, 0.25) is 18.1 Å². The molecule has 1 aromatic rings. The molecule has 0 radical (unpaired) electrons. The van der Waals surface area contributed by atoms with Crippen LogP contribution < -0.4 is 28.2 Å². The van der Waals surface area contributed by atoms with Crippen molar-refractivity contribution < 1.29 is 48.0 Å². The van der Waals surface area contributed by atoms with E-state index in [1.807, 2.05) is 3.28 Å². The first-order valence-electron chi connectivity index (χ1n) is 7.10. The first-order valence-corrected chi connectivity index (χ1v) is 12.4. The first kappa shape index (κ1) is 21.4. The maximum absolute atomic E-state index is 3.50. The molecule has 1 aliphatic carbocycles. The Labute approximate surface area is 155 Å². The molecule has 1 aromatic heterocycles. The molecule has 0 aromatic carbocycles. The van der Waals surface area contributed by atoms with E-state index in [1.54, 1.807) is 20.1 Å². The van der Waals surface area contributed by atoms with Gasteiger partial charge in [0.05, 0.1) is 0 Å². The van der Waals surface area contributed by atoms with Gasteiger partial charge < -0.3 is 24.8 Å². The molecule has 1 nitrogen and oxygen atoms in total. The van der Waals surface area contributed by atoms with Crippen molar-refractivity contribution in [2.24, 2.45) is 0 Å². The Kier molecular flexibility index (Phi) is 7.98. The fourth-order valence-corrected chi connectivity index (χ4v) is 11.2. The Hall–Kier alpha value is 0.440. The number of H-pyrrole nitrogens is 1. The third kappa shape index (κ3) is 3.52. The molecule has 0 fully saturated rings. The summed E-state index contributed by atoms with van der Waals surface area (Å²) in [6.07, 6.45) is 2.10. The smallest absolute Gasteiger partial charge is 1.00 e. The van der Waals surface area contributed by atoms with Crippen LogP contribution in [0.1, 0.15) is 33.3 Å². The zero-order valence-corrected chi connectivity index (χ0v) is 19.1. The SMILES string of the molecule is CC1=C(C)C(C)([SiH](C)C)[C]([Zr+2][c]2[nH]ccc2C)=C1C.[Cl-].[Cl-]. The fraction of sp³-hybridized carbons (Fsp3) is 0.500. The summed E-state index contributed by atoms with van der Waals surface area (Å²) >= 11 is -0.687. The minimum Gasteiger partial charge on any atom is -1.00 e. The van der Waals surface area contributed by atoms with Gasteiger partial charge in [0.25, 0.3) is 0 Å². The largest absolute Gasteiger partial charge is 1.00 e. The number of hydrogen-bond donors (Lipinski definition) is 1. The molecule has 116 valence electrons. The molecular weight excluding hydrogens is 396 g/mol. The second-order valence-corrected chi connectivity index (χ2v) is 12.8. The third-order valence-electron chi connectivity index (χ3n) is 5.16. The van der Waals surface area contributed by atoms with Crippen molar-refractivity contribution in [1.29, 1.82) is 0 Å². The maximum atomic E-state index is 3.50. The standard InChI is InChI=1S/C11H19Si.C5H6N.2ClH.Zr/c1-8-7-11(4,12(5)6)10(3)9(8)2;1-5-2-3-6-4-5;;;/h12H,1-6H3;2-3,6H,1H3;2*1H;/q;;;;+2/p-2. The number of allylic oxidation sites excluding steroid dienone is 4. The van der Waals surface area contributed by atoms with Crippen molar-refractivity contribution in [2.75, 3.05) is 0 Å². The summed E-state index contributed by atoms with van der Waals surface area (Å²) < 4.78 is 3.39. The quantitative estimate of drug-likeness (QED) is 0.539. The molecule has 2 rings (SSSR count). The van der Waals surface area contributed by atoms with Gasteiger partial charge in [0.1, 0.15) is 0 Å². The molecule has 1 N–H and O–H groups in total. The van der Waals surface area contributed by atoms with Crippen LogP contribution >= 0.6 is 0 Å². The van der Waals surface area contributed by atoms with Crippen LogP contribution in [0.25, 0.3) is 0 Å². The van der Waals surface area contributed by atoms with E-state index >= 15 is 0 Å². The Balaban J connectivity index is 0.00000200. The summed E-state index contributed by atoms with van der Waals surface area (Å²) in [5.41, 5.74) is 6.30. The summed E-state index contributed by atoms with van der Waals surface area (Å²) in [5, 5.41) is 0.428. The Morgan fingerprint density at radius 3 is 2.05 bits per heavy atom. The van der Waals surface area contributed by atoms with E-state index in [2.05, 4.69) is 65.0 Å². The molecule has 21 heavy (non-hydrogen) atoms. The van der Waals surface area contributed by atoms with Gasteiger partial charge in [0.15, 0.2) is 0 Å².